The van der Waals surface area contributed by atoms with Crippen LogP contribution >= 0.6 is 24.8 Å². The zero-order valence-corrected chi connectivity index (χ0v) is 16.5. The van der Waals surface area contributed by atoms with Crippen LogP contribution in [0.1, 0.15) is 29.0 Å². The first-order valence-corrected chi connectivity index (χ1v) is 8.51. The van der Waals surface area contributed by atoms with Gasteiger partial charge in [-0.05, 0) is 50.6 Å². The third-order valence-electron chi connectivity index (χ3n) is 4.57. The number of pyridine rings is 1. The van der Waals surface area contributed by atoms with Crippen molar-refractivity contribution in [3.8, 4) is 5.69 Å². The summed E-state index contributed by atoms with van der Waals surface area (Å²) in [6.45, 7) is 3.68. The van der Waals surface area contributed by atoms with Crippen LogP contribution in [0.4, 0.5) is 0 Å². The van der Waals surface area contributed by atoms with Crippen molar-refractivity contribution in [3.05, 3.63) is 47.9 Å². The Morgan fingerprint density at radius 2 is 2.15 bits per heavy atom. The van der Waals surface area contributed by atoms with Crippen LogP contribution in [0.25, 0.3) is 16.6 Å². The molecule has 2 aromatic heterocycles. The Morgan fingerprint density at radius 3 is 2.93 bits per heavy atom. The molecule has 1 atom stereocenters. The summed E-state index contributed by atoms with van der Waals surface area (Å²) in [5, 5.41) is 15.6. The topological polar surface area (TPSA) is 84.7 Å². The van der Waals surface area contributed by atoms with E-state index in [0.29, 0.717) is 5.69 Å². The quantitative estimate of drug-likeness (QED) is 0.694. The number of benzene rings is 1. The molecule has 0 bridgehead atoms. The second-order valence-electron chi connectivity index (χ2n) is 6.33. The van der Waals surface area contributed by atoms with E-state index in [0.717, 1.165) is 48.2 Å². The van der Waals surface area contributed by atoms with Crippen molar-refractivity contribution in [2.75, 3.05) is 13.1 Å². The van der Waals surface area contributed by atoms with Gasteiger partial charge < -0.3 is 10.6 Å². The van der Waals surface area contributed by atoms with E-state index >= 15 is 0 Å². The van der Waals surface area contributed by atoms with Crippen LogP contribution in [-0.2, 0) is 0 Å². The highest BCUT2D eigenvalue weighted by atomic mass is 35.5. The van der Waals surface area contributed by atoms with Gasteiger partial charge in [0.25, 0.3) is 5.91 Å². The molecule has 27 heavy (non-hydrogen) atoms. The Hall–Kier alpha value is -2.22. The van der Waals surface area contributed by atoms with Gasteiger partial charge >= 0.3 is 0 Å². The van der Waals surface area contributed by atoms with E-state index in [4.69, 9.17) is 0 Å². The minimum absolute atomic E-state index is 0. The summed E-state index contributed by atoms with van der Waals surface area (Å²) in [6.07, 6.45) is 3.83. The SMILES string of the molecule is Cc1c(C(=O)N[C@H]2CCCNC2)nnn1-c1ccc2ncccc2c1.Cl.Cl. The van der Waals surface area contributed by atoms with Crippen molar-refractivity contribution >= 4 is 41.6 Å². The molecule has 1 aliphatic rings. The minimum atomic E-state index is -0.167. The molecule has 3 heterocycles. The molecule has 0 radical (unpaired) electrons. The number of amides is 1. The summed E-state index contributed by atoms with van der Waals surface area (Å²) in [6, 6.07) is 9.93. The summed E-state index contributed by atoms with van der Waals surface area (Å²) in [5.74, 6) is -0.167. The zero-order valence-electron chi connectivity index (χ0n) is 14.9. The molecule has 144 valence electrons. The molecule has 1 aliphatic heterocycles. The number of nitrogens with zero attached hydrogens (tertiary/aromatic N) is 4. The number of aromatic nitrogens is 4. The maximum atomic E-state index is 12.5. The van der Waals surface area contributed by atoms with Crippen molar-refractivity contribution in [3.63, 3.8) is 0 Å². The summed E-state index contributed by atoms with van der Waals surface area (Å²) < 4.78 is 1.69. The fourth-order valence-electron chi connectivity index (χ4n) is 3.21. The molecular weight excluding hydrogens is 387 g/mol. The summed E-state index contributed by atoms with van der Waals surface area (Å²) in [5.41, 5.74) is 2.89. The maximum Gasteiger partial charge on any atom is 0.274 e. The first kappa shape index (κ1) is 21.1. The molecule has 0 aliphatic carbocycles. The molecule has 3 aromatic rings. The third kappa shape index (κ3) is 4.37. The first-order chi connectivity index (χ1) is 12.2. The fraction of sp³-hybridized carbons (Fsp3) is 0.333. The number of carbonyl (C=O) groups is 1. The number of hydrogen-bond acceptors (Lipinski definition) is 5. The van der Waals surface area contributed by atoms with E-state index in [1.54, 1.807) is 10.9 Å². The average molecular weight is 409 g/mol. The van der Waals surface area contributed by atoms with Gasteiger partial charge in [-0.2, -0.15) is 0 Å². The Labute approximate surface area is 169 Å². The Bertz CT molecular complexity index is 923. The van der Waals surface area contributed by atoms with E-state index in [9.17, 15) is 4.79 Å². The standard InChI is InChI=1S/C18H20N6O.2ClH/c1-12-17(18(25)21-14-5-3-8-19-11-14)22-23-24(12)15-6-7-16-13(10-15)4-2-9-20-16;;/h2,4,6-7,9-10,14,19H,3,5,8,11H2,1H3,(H,21,25);2*1H/t14-;;/m0../s1. The van der Waals surface area contributed by atoms with Gasteiger partial charge in [0, 0.05) is 24.2 Å². The molecule has 7 nitrogen and oxygen atoms in total. The van der Waals surface area contributed by atoms with Crippen LogP contribution in [0.5, 0.6) is 0 Å². The van der Waals surface area contributed by atoms with Crippen LogP contribution in [0, 0.1) is 6.92 Å². The van der Waals surface area contributed by atoms with E-state index in [1.807, 2.05) is 37.3 Å². The molecule has 2 N–H and O–H groups in total. The summed E-state index contributed by atoms with van der Waals surface area (Å²) in [7, 11) is 0. The molecule has 1 aromatic carbocycles. The molecule has 9 heteroatoms. The third-order valence-corrected chi connectivity index (χ3v) is 4.57. The Morgan fingerprint density at radius 1 is 1.30 bits per heavy atom. The largest absolute Gasteiger partial charge is 0.347 e. The molecule has 1 fully saturated rings. The lowest BCUT2D eigenvalue weighted by atomic mass is 10.1. The smallest absolute Gasteiger partial charge is 0.274 e. The first-order valence-electron chi connectivity index (χ1n) is 8.51. The van der Waals surface area contributed by atoms with Crippen LogP contribution in [0.15, 0.2) is 36.5 Å². The summed E-state index contributed by atoms with van der Waals surface area (Å²) >= 11 is 0. The Kier molecular flexibility index (Phi) is 7.12. The van der Waals surface area contributed by atoms with Crippen molar-refractivity contribution in [1.29, 1.82) is 0 Å². The normalized spacial score (nSPS) is 16.3. The summed E-state index contributed by atoms with van der Waals surface area (Å²) in [4.78, 5) is 16.8. The molecule has 0 spiro atoms. The van der Waals surface area contributed by atoms with Crippen LogP contribution in [-0.4, -0.2) is 45.0 Å². The fourth-order valence-corrected chi connectivity index (χ4v) is 3.21. The van der Waals surface area contributed by atoms with Crippen LogP contribution in [0.2, 0.25) is 0 Å². The van der Waals surface area contributed by atoms with Crippen molar-refractivity contribution < 1.29 is 4.79 Å². The van der Waals surface area contributed by atoms with Gasteiger partial charge in [-0.3, -0.25) is 9.78 Å². The Balaban J connectivity index is 0.00000131. The van der Waals surface area contributed by atoms with Crippen molar-refractivity contribution in [1.82, 2.24) is 30.6 Å². The second kappa shape index (κ2) is 9.12. The number of nitrogens with one attached hydrogen (secondary N) is 2. The predicted molar refractivity (Wildman–Crippen MR) is 109 cm³/mol. The number of hydrogen-bond donors (Lipinski definition) is 2. The molecule has 0 saturated carbocycles. The molecule has 1 saturated heterocycles. The van der Waals surface area contributed by atoms with E-state index in [1.165, 1.54) is 0 Å². The minimum Gasteiger partial charge on any atom is -0.347 e. The monoisotopic (exact) mass is 408 g/mol. The molecular formula is C18H22Cl2N6O. The highest BCUT2D eigenvalue weighted by Gasteiger charge is 2.21. The van der Waals surface area contributed by atoms with Gasteiger partial charge in [0.05, 0.1) is 16.9 Å². The second-order valence-corrected chi connectivity index (χ2v) is 6.33. The number of halogens is 2. The van der Waals surface area contributed by atoms with Crippen molar-refractivity contribution in [2.24, 2.45) is 0 Å². The lowest BCUT2D eigenvalue weighted by molar-refractivity contribution is 0.0925. The van der Waals surface area contributed by atoms with Crippen molar-refractivity contribution in [2.45, 2.75) is 25.8 Å². The van der Waals surface area contributed by atoms with Gasteiger partial charge in [-0.1, -0.05) is 11.3 Å². The van der Waals surface area contributed by atoms with Gasteiger partial charge in [-0.25, -0.2) is 4.68 Å². The highest BCUT2D eigenvalue weighted by Crippen LogP contribution is 2.18. The van der Waals surface area contributed by atoms with Gasteiger partial charge in [0.2, 0.25) is 0 Å². The van der Waals surface area contributed by atoms with Crippen LogP contribution < -0.4 is 10.6 Å². The number of piperidine rings is 1. The van der Waals surface area contributed by atoms with Crippen LogP contribution in [0.3, 0.4) is 0 Å². The van der Waals surface area contributed by atoms with Gasteiger partial charge in [-0.15, -0.1) is 29.9 Å². The maximum absolute atomic E-state index is 12.5. The number of rotatable bonds is 3. The van der Waals surface area contributed by atoms with Gasteiger partial charge in [0.1, 0.15) is 0 Å². The zero-order chi connectivity index (χ0) is 17.2. The number of fused-ring (bicyclic) bond motifs is 1. The lowest BCUT2D eigenvalue weighted by Crippen LogP contribution is -2.45. The highest BCUT2D eigenvalue weighted by molar-refractivity contribution is 5.93. The predicted octanol–water partition coefficient (Wildman–Crippen LogP) is 2.45. The van der Waals surface area contributed by atoms with E-state index < -0.39 is 0 Å². The van der Waals surface area contributed by atoms with E-state index in [-0.39, 0.29) is 36.8 Å². The molecule has 1 amide bonds. The average Bonchev–Trinajstić information content (AvgIpc) is 3.04. The molecule has 0 unspecified atom stereocenters. The number of carbonyl (C=O) groups excluding carboxylic acids is 1. The van der Waals surface area contributed by atoms with Gasteiger partial charge in [0.15, 0.2) is 5.69 Å². The molecule has 4 rings (SSSR count). The van der Waals surface area contributed by atoms with E-state index in [2.05, 4.69) is 25.9 Å². The lowest BCUT2D eigenvalue weighted by Gasteiger charge is -2.23.